The molecule has 1 aliphatic carbocycles. The number of nitrogens with zero attached hydrogens (tertiary/aromatic N) is 3. The summed E-state index contributed by atoms with van der Waals surface area (Å²) in [5, 5.41) is 23.1. The molecule has 4 rings (SSSR count). The number of hydrogen-bond acceptors (Lipinski definition) is 5. The van der Waals surface area contributed by atoms with Crippen LogP contribution in [0.1, 0.15) is 36.4 Å². The number of piperidine rings is 1. The van der Waals surface area contributed by atoms with Crippen LogP contribution in [-0.4, -0.2) is 18.0 Å². The SMILES string of the molecule is NC1CC2(CCN(c3cc([N+](=O)[O-])cc[n+]3[O-])CC2)c2ccccc21. The minimum Gasteiger partial charge on any atom is -0.711 e. The summed E-state index contributed by atoms with van der Waals surface area (Å²) in [5.74, 6) is 0.347. The lowest BCUT2D eigenvalue weighted by atomic mass is 9.73. The van der Waals surface area contributed by atoms with Crippen LogP contribution >= 0.6 is 0 Å². The second kappa shape index (κ2) is 5.70. The Balaban J connectivity index is 1.59. The molecule has 7 nitrogen and oxygen atoms in total. The van der Waals surface area contributed by atoms with Gasteiger partial charge in [0, 0.05) is 11.5 Å². The van der Waals surface area contributed by atoms with Crippen LogP contribution in [0.5, 0.6) is 0 Å². The highest BCUT2D eigenvalue weighted by Gasteiger charge is 2.46. The smallest absolute Gasteiger partial charge is 0.286 e. The molecule has 1 spiro atoms. The lowest BCUT2D eigenvalue weighted by Crippen LogP contribution is -2.46. The summed E-state index contributed by atoms with van der Waals surface area (Å²) in [6.45, 7) is 1.37. The van der Waals surface area contributed by atoms with Gasteiger partial charge in [-0.3, -0.25) is 15.0 Å². The normalized spacial score (nSPS) is 21.3. The molecule has 2 N–H and O–H groups in total. The molecule has 1 atom stereocenters. The lowest BCUT2D eigenvalue weighted by molar-refractivity contribution is -0.593. The fourth-order valence-electron chi connectivity index (χ4n) is 4.39. The zero-order valence-electron chi connectivity index (χ0n) is 13.8. The van der Waals surface area contributed by atoms with Gasteiger partial charge in [-0.05, 0) is 30.4 Å². The molecular formula is C18H20N4O3. The van der Waals surface area contributed by atoms with Crippen LogP contribution < -0.4 is 15.4 Å². The first kappa shape index (κ1) is 15.8. The molecule has 0 radical (unpaired) electrons. The number of nitrogens with two attached hydrogens (primary N) is 1. The van der Waals surface area contributed by atoms with Gasteiger partial charge in [0.2, 0.25) is 0 Å². The first-order chi connectivity index (χ1) is 12.0. The number of anilines is 1. The second-order valence-corrected chi connectivity index (χ2v) is 6.99. The highest BCUT2D eigenvalue weighted by atomic mass is 16.6. The number of hydrogen-bond donors (Lipinski definition) is 1. The fourth-order valence-corrected chi connectivity index (χ4v) is 4.39. The average Bonchev–Trinajstić information content (AvgIpc) is 2.89. The van der Waals surface area contributed by atoms with Gasteiger partial charge in [-0.25, -0.2) is 4.73 Å². The summed E-state index contributed by atoms with van der Waals surface area (Å²) in [4.78, 5) is 12.5. The number of aromatic nitrogens is 1. The Morgan fingerprint density at radius 3 is 2.68 bits per heavy atom. The summed E-state index contributed by atoms with van der Waals surface area (Å²) in [6.07, 6.45) is 3.91. The zero-order chi connectivity index (χ0) is 17.6. The molecule has 7 heteroatoms. The molecule has 130 valence electrons. The minimum atomic E-state index is -0.471. The molecule has 1 aromatic heterocycles. The highest BCUT2D eigenvalue weighted by molar-refractivity contribution is 5.47. The summed E-state index contributed by atoms with van der Waals surface area (Å²) in [5.41, 5.74) is 8.89. The zero-order valence-corrected chi connectivity index (χ0v) is 13.8. The Labute approximate surface area is 145 Å². The van der Waals surface area contributed by atoms with Crippen molar-refractivity contribution in [1.29, 1.82) is 0 Å². The predicted molar refractivity (Wildman–Crippen MR) is 93.2 cm³/mol. The fraction of sp³-hybridized carbons (Fsp3) is 0.389. The molecule has 1 saturated heterocycles. The van der Waals surface area contributed by atoms with Crippen molar-refractivity contribution in [3.05, 3.63) is 69.0 Å². The van der Waals surface area contributed by atoms with E-state index in [9.17, 15) is 15.3 Å². The van der Waals surface area contributed by atoms with E-state index in [1.54, 1.807) is 0 Å². The van der Waals surface area contributed by atoms with E-state index in [-0.39, 0.29) is 17.1 Å². The van der Waals surface area contributed by atoms with Crippen molar-refractivity contribution in [3.8, 4) is 0 Å². The van der Waals surface area contributed by atoms with Gasteiger partial charge in [-0.1, -0.05) is 24.3 Å². The molecule has 0 bridgehead atoms. The van der Waals surface area contributed by atoms with E-state index in [0.29, 0.717) is 23.6 Å². The van der Waals surface area contributed by atoms with Gasteiger partial charge in [0.25, 0.3) is 11.5 Å². The van der Waals surface area contributed by atoms with Crippen LogP contribution in [0, 0.1) is 15.3 Å². The molecule has 0 saturated carbocycles. The third-order valence-electron chi connectivity index (χ3n) is 5.68. The van der Waals surface area contributed by atoms with Crippen molar-refractivity contribution in [2.75, 3.05) is 18.0 Å². The summed E-state index contributed by atoms with van der Waals surface area (Å²) >= 11 is 0. The first-order valence-electron chi connectivity index (χ1n) is 8.48. The van der Waals surface area contributed by atoms with E-state index in [0.717, 1.165) is 19.3 Å². The molecule has 2 aliphatic rings. The van der Waals surface area contributed by atoms with Crippen LogP contribution in [0.3, 0.4) is 0 Å². The van der Waals surface area contributed by atoms with Crippen LogP contribution in [0.2, 0.25) is 0 Å². The Hall–Kier alpha value is -2.67. The maximum atomic E-state index is 12.1. The summed E-state index contributed by atoms with van der Waals surface area (Å²) in [7, 11) is 0. The Kier molecular flexibility index (Phi) is 3.61. The monoisotopic (exact) mass is 340 g/mol. The van der Waals surface area contributed by atoms with E-state index in [2.05, 4.69) is 18.2 Å². The van der Waals surface area contributed by atoms with Crippen LogP contribution in [0.15, 0.2) is 42.6 Å². The van der Waals surface area contributed by atoms with E-state index in [1.165, 1.54) is 29.5 Å². The van der Waals surface area contributed by atoms with Gasteiger partial charge in [0.1, 0.15) is 12.3 Å². The van der Waals surface area contributed by atoms with Crippen molar-refractivity contribution < 1.29 is 9.65 Å². The van der Waals surface area contributed by atoms with Gasteiger partial charge in [0.05, 0.1) is 24.1 Å². The molecule has 1 aliphatic heterocycles. The standard InChI is InChI=1S/C18H20N4O3/c19-16-12-18(15-4-2-1-3-14(15)16)6-9-20(10-7-18)17-11-13(22(24)25)5-8-21(17)23/h1-5,8,11,16H,6-7,9-10,12,19H2. The van der Waals surface area contributed by atoms with Gasteiger partial charge in [0.15, 0.2) is 0 Å². The third kappa shape index (κ3) is 2.51. The number of pyridine rings is 1. The summed E-state index contributed by atoms with van der Waals surface area (Å²) in [6, 6.07) is 11.0. The molecule has 1 fully saturated rings. The van der Waals surface area contributed by atoms with E-state index in [4.69, 9.17) is 5.73 Å². The maximum absolute atomic E-state index is 12.1. The van der Waals surface area contributed by atoms with Crippen LogP contribution in [0.25, 0.3) is 0 Å². The minimum absolute atomic E-state index is 0.0565. The van der Waals surface area contributed by atoms with Gasteiger partial charge < -0.3 is 10.9 Å². The van der Waals surface area contributed by atoms with Gasteiger partial charge >= 0.3 is 0 Å². The molecular weight excluding hydrogens is 320 g/mol. The number of nitro groups is 1. The number of benzene rings is 1. The first-order valence-corrected chi connectivity index (χ1v) is 8.48. The average molecular weight is 340 g/mol. The van der Waals surface area contributed by atoms with E-state index in [1.807, 2.05) is 11.0 Å². The van der Waals surface area contributed by atoms with Crippen molar-refractivity contribution in [3.63, 3.8) is 0 Å². The predicted octanol–water partition coefficient (Wildman–Crippen LogP) is 2.17. The van der Waals surface area contributed by atoms with Crippen molar-refractivity contribution >= 4 is 11.5 Å². The highest BCUT2D eigenvalue weighted by Crippen LogP contribution is 2.50. The number of rotatable bonds is 2. The Morgan fingerprint density at radius 2 is 1.96 bits per heavy atom. The Bertz CT molecular complexity index is 831. The maximum Gasteiger partial charge on any atom is 0.286 e. The van der Waals surface area contributed by atoms with Crippen LogP contribution in [0.4, 0.5) is 11.5 Å². The van der Waals surface area contributed by atoms with Crippen LogP contribution in [-0.2, 0) is 5.41 Å². The molecule has 0 amide bonds. The largest absolute Gasteiger partial charge is 0.711 e. The molecule has 2 aromatic rings. The molecule has 2 heterocycles. The quantitative estimate of drug-likeness (QED) is 0.391. The molecule has 1 aromatic carbocycles. The summed E-state index contributed by atoms with van der Waals surface area (Å²) < 4.78 is 0.708. The number of fused-ring (bicyclic) bond motifs is 2. The third-order valence-corrected chi connectivity index (χ3v) is 5.68. The van der Waals surface area contributed by atoms with Gasteiger partial charge in [-0.15, -0.1) is 0 Å². The second-order valence-electron chi connectivity index (χ2n) is 6.99. The lowest BCUT2D eigenvalue weighted by Gasteiger charge is -2.37. The van der Waals surface area contributed by atoms with E-state index >= 15 is 0 Å². The van der Waals surface area contributed by atoms with E-state index < -0.39 is 4.92 Å². The van der Waals surface area contributed by atoms with Crippen molar-refractivity contribution in [1.82, 2.24) is 0 Å². The molecule has 1 unspecified atom stereocenters. The Morgan fingerprint density at radius 1 is 1.24 bits per heavy atom. The molecule has 25 heavy (non-hydrogen) atoms. The van der Waals surface area contributed by atoms with Crippen molar-refractivity contribution in [2.24, 2.45) is 5.73 Å². The van der Waals surface area contributed by atoms with Crippen molar-refractivity contribution in [2.45, 2.75) is 30.7 Å². The van der Waals surface area contributed by atoms with Gasteiger partial charge in [-0.2, -0.15) is 0 Å². The topological polar surface area (TPSA) is 99.3 Å².